The summed E-state index contributed by atoms with van der Waals surface area (Å²) in [4.78, 5) is 12.2. The van der Waals surface area contributed by atoms with Gasteiger partial charge < -0.3 is 0 Å². The lowest BCUT2D eigenvalue weighted by Gasteiger charge is -2.34. The van der Waals surface area contributed by atoms with Crippen molar-refractivity contribution in [3.8, 4) is 0 Å². The Bertz CT molecular complexity index is 176. The van der Waals surface area contributed by atoms with Gasteiger partial charge in [-0.3, -0.25) is 4.79 Å². The van der Waals surface area contributed by atoms with E-state index in [2.05, 4.69) is 41.5 Å². The van der Waals surface area contributed by atoms with Crippen LogP contribution in [0.2, 0.25) is 0 Å². The highest BCUT2D eigenvalue weighted by Crippen LogP contribution is 2.36. The summed E-state index contributed by atoms with van der Waals surface area (Å²) in [5, 5.41) is 0. The highest BCUT2D eigenvalue weighted by atomic mass is 16.1. The van der Waals surface area contributed by atoms with Crippen molar-refractivity contribution in [1.82, 2.24) is 0 Å². The van der Waals surface area contributed by atoms with Crippen LogP contribution < -0.4 is 0 Å². The number of Topliss-reactive ketones (excluding diaryl/α,β-unsaturated/α-hetero) is 1. The van der Waals surface area contributed by atoms with E-state index in [-0.39, 0.29) is 10.8 Å². The minimum Gasteiger partial charge on any atom is -0.298 e. The average molecular weight is 184 g/mol. The van der Waals surface area contributed by atoms with Crippen molar-refractivity contribution >= 4 is 5.78 Å². The molecule has 0 saturated carbocycles. The van der Waals surface area contributed by atoms with E-state index in [1.807, 2.05) is 0 Å². The highest BCUT2D eigenvalue weighted by Gasteiger charge is 2.38. The third-order valence-electron chi connectivity index (χ3n) is 3.61. The minimum atomic E-state index is -0.152. The Morgan fingerprint density at radius 2 is 1.31 bits per heavy atom. The molecule has 78 valence electrons. The molecule has 0 aliphatic rings. The molecule has 0 unspecified atom stereocenters. The standard InChI is InChI=1S/C12H24O/c1-7-11(4,5)10(13)12(6,8-2)9-3/h7-9H2,1-6H3. The number of carbonyl (C=O) groups excluding carboxylic acids is 1. The van der Waals surface area contributed by atoms with Gasteiger partial charge in [0.05, 0.1) is 0 Å². The van der Waals surface area contributed by atoms with Crippen molar-refractivity contribution in [2.75, 3.05) is 0 Å². The molecule has 0 aromatic rings. The minimum absolute atomic E-state index is 0.112. The van der Waals surface area contributed by atoms with Crippen molar-refractivity contribution in [2.45, 2.75) is 60.8 Å². The molecule has 0 spiro atoms. The molecule has 0 aliphatic heterocycles. The second kappa shape index (κ2) is 4.26. The van der Waals surface area contributed by atoms with Gasteiger partial charge in [-0.1, -0.05) is 41.5 Å². The van der Waals surface area contributed by atoms with E-state index >= 15 is 0 Å². The second-order valence-electron chi connectivity index (χ2n) is 4.83. The van der Waals surface area contributed by atoms with E-state index < -0.39 is 0 Å². The number of carbonyl (C=O) groups is 1. The molecule has 0 radical (unpaired) electrons. The molecule has 0 fully saturated rings. The van der Waals surface area contributed by atoms with Crippen LogP contribution in [0.15, 0.2) is 0 Å². The Morgan fingerprint density at radius 1 is 0.923 bits per heavy atom. The smallest absolute Gasteiger partial charge is 0.144 e. The molecular weight excluding hydrogens is 160 g/mol. The Morgan fingerprint density at radius 3 is 1.54 bits per heavy atom. The molecule has 0 bridgehead atoms. The second-order valence-corrected chi connectivity index (χ2v) is 4.83. The fourth-order valence-electron chi connectivity index (χ4n) is 1.55. The molecule has 0 amide bonds. The summed E-state index contributed by atoms with van der Waals surface area (Å²) in [5.74, 6) is 0.424. The summed E-state index contributed by atoms with van der Waals surface area (Å²) in [6.45, 7) is 12.5. The van der Waals surface area contributed by atoms with E-state index in [4.69, 9.17) is 0 Å². The number of rotatable bonds is 5. The zero-order chi connectivity index (χ0) is 10.7. The molecule has 0 N–H and O–H groups in total. The molecule has 0 atom stereocenters. The maximum absolute atomic E-state index is 12.2. The van der Waals surface area contributed by atoms with Gasteiger partial charge in [0.15, 0.2) is 0 Å². The Balaban J connectivity index is 4.75. The maximum atomic E-state index is 12.2. The van der Waals surface area contributed by atoms with Gasteiger partial charge in [0.1, 0.15) is 5.78 Å². The number of hydrogen-bond donors (Lipinski definition) is 0. The molecule has 13 heavy (non-hydrogen) atoms. The predicted octanol–water partition coefficient (Wildman–Crippen LogP) is 3.82. The predicted molar refractivity (Wildman–Crippen MR) is 57.8 cm³/mol. The van der Waals surface area contributed by atoms with E-state index in [9.17, 15) is 4.79 Å². The Labute approximate surface area is 82.9 Å². The van der Waals surface area contributed by atoms with E-state index in [0.29, 0.717) is 5.78 Å². The van der Waals surface area contributed by atoms with E-state index in [1.54, 1.807) is 0 Å². The first-order valence-electron chi connectivity index (χ1n) is 5.39. The van der Waals surface area contributed by atoms with Crippen molar-refractivity contribution in [3.63, 3.8) is 0 Å². The van der Waals surface area contributed by atoms with Gasteiger partial charge in [0, 0.05) is 10.8 Å². The van der Waals surface area contributed by atoms with Gasteiger partial charge in [-0.15, -0.1) is 0 Å². The first kappa shape index (κ1) is 12.7. The van der Waals surface area contributed by atoms with Crippen LogP contribution >= 0.6 is 0 Å². The molecule has 0 aliphatic carbocycles. The van der Waals surface area contributed by atoms with Gasteiger partial charge in [0.2, 0.25) is 0 Å². The zero-order valence-corrected chi connectivity index (χ0v) is 10.0. The lowest BCUT2D eigenvalue weighted by Crippen LogP contribution is -2.37. The van der Waals surface area contributed by atoms with Gasteiger partial charge in [0.25, 0.3) is 0 Å². The fourth-order valence-corrected chi connectivity index (χ4v) is 1.55. The third-order valence-corrected chi connectivity index (χ3v) is 3.61. The van der Waals surface area contributed by atoms with E-state index in [1.165, 1.54) is 0 Å². The summed E-state index contributed by atoms with van der Waals surface area (Å²) in [6, 6.07) is 0. The third kappa shape index (κ3) is 2.55. The molecule has 0 heterocycles. The maximum Gasteiger partial charge on any atom is 0.144 e. The molecule has 0 saturated heterocycles. The zero-order valence-electron chi connectivity index (χ0n) is 10.0. The molecular formula is C12H24O. The lowest BCUT2D eigenvalue weighted by atomic mass is 9.69. The SMILES string of the molecule is CCC(C)(C)C(=O)C(C)(CC)CC. The van der Waals surface area contributed by atoms with E-state index in [0.717, 1.165) is 19.3 Å². The quantitative estimate of drug-likeness (QED) is 0.635. The number of hydrogen-bond acceptors (Lipinski definition) is 1. The molecule has 0 aromatic carbocycles. The van der Waals surface area contributed by atoms with Crippen LogP contribution in [0.3, 0.4) is 0 Å². The van der Waals surface area contributed by atoms with Gasteiger partial charge in [-0.25, -0.2) is 0 Å². The summed E-state index contributed by atoms with van der Waals surface area (Å²) in [6.07, 6.45) is 2.83. The van der Waals surface area contributed by atoms with Crippen LogP contribution in [-0.2, 0) is 4.79 Å². The van der Waals surface area contributed by atoms with Crippen LogP contribution in [-0.4, -0.2) is 5.78 Å². The summed E-state index contributed by atoms with van der Waals surface area (Å²) < 4.78 is 0. The Kier molecular flexibility index (Phi) is 4.15. The van der Waals surface area contributed by atoms with Crippen LogP contribution in [0.1, 0.15) is 60.8 Å². The largest absolute Gasteiger partial charge is 0.298 e. The molecule has 1 heteroatoms. The van der Waals surface area contributed by atoms with Crippen molar-refractivity contribution in [3.05, 3.63) is 0 Å². The molecule has 0 rings (SSSR count). The summed E-state index contributed by atoms with van der Waals surface area (Å²) >= 11 is 0. The van der Waals surface area contributed by atoms with Gasteiger partial charge >= 0.3 is 0 Å². The Hall–Kier alpha value is -0.330. The molecule has 0 aromatic heterocycles. The van der Waals surface area contributed by atoms with Crippen LogP contribution in [0.25, 0.3) is 0 Å². The first-order valence-corrected chi connectivity index (χ1v) is 5.39. The van der Waals surface area contributed by atoms with Crippen LogP contribution in [0.5, 0.6) is 0 Å². The van der Waals surface area contributed by atoms with Crippen molar-refractivity contribution in [2.24, 2.45) is 10.8 Å². The van der Waals surface area contributed by atoms with Gasteiger partial charge in [-0.2, -0.15) is 0 Å². The highest BCUT2D eigenvalue weighted by molar-refractivity contribution is 5.89. The summed E-state index contributed by atoms with van der Waals surface area (Å²) in [7, 11) is 0. The lowest BCUT2D eigenvalue weighted by molar-refractivity contribution is -0.137. The number of ketones is 1. The molecule has 1 nitrogen and oxygen atoms in total. The fraction of sp³-hybridized carbons (Fsp3) is 0.917. The van der Waals surface area contributed by atoms with Gasteiger partial charge in [-0.05, 0) is 19.3 Å². The van der Waals surface area contributed by atoms with Crippen LogP contribution in [0.4, 0.5) is 0 Å². The van der Waals surface area contributed by atoms with Crippen LogP contribution in [0, 0.1) is 10.8 Å². The van der Waals surface area contributed by atoms with Crippen molar-refractivity contribution < 1.29 is 4.79 Å². The van der Waals surface area contributed by atoms with Crippen molar-refractivity contribution in [1.29, 1.82) is 0 Å². The summed E-state index contributed by atoms with van der Waals surface area (Å²) in [5.41, 5.74) is -0.264. The first-order chi connectivity index (χ1) is 5.84. The normalized spacial score (nSPS) is 13.1. The topological polar surface area (TPSA) is 17.1 Å². The average Bonchev–Trinajstić information content (AvgIpc) is 2.15. The monoisotopic (exact) mass is 184 g/mol.